The van der Waals surface area contributed by atoms with Gasteiger partial charge in [-0.1, -0.05) is 0 Å². The zero-order valence-electron chi connectivity index (χ0n) is 8.42. The maximum Gasteiger partial charge on any atom is 0.338 e. The number of furan rings is 1. The van der Waals surface area contributed by atoms with E-state index >= 15 is 0 Å². The predicted molar refractivity (Wildman–Crippen MR) is 54.5 cm³/mol. The van der Waals surface area contributed by atoms with Crippen molar-refractivity contribution in [1.29, 1.82) is 0 Å². The summed E-state index contributed by atoms with van der Waals surface area (Å²) >= 11 is 0. The Morgan fingerprint density at radius 2 is 2.31 bits per heavy atom. The van der Waals surface area contributed by atoms with Gasteiger partial charge in [0.25, 0.3) is 0 Å². The third kappa shape index (κ3) is 2.10. The van der Waals surface area contributed by atoms with E-state index in [0.717, 1.165) is 6.26 Å². The highest BCUT2D eigenvalue weighted by Gasteiger charge is 2.29. The van der Waals surface area contributed by atoms with Crippen LogP contribution in [0, 0.1) is 0 Å². The third-order valence-electron chi connectivity index (χ3n) is 2.44. The van der Waals surface area contributed by atoms with Crippen LogP contribution in [0.2, 0.25) is 0 Å². The SMILES string of the molecule is O=C(O)c1coc(CN2CCCS2(=O)=O)c1. The number of nitrogens with zero attached hydrogens (tertiary/aromatic N) is 1. The number of rotatable bonds is 3. The molecule has 0 radical (unpaired) electrons. The number of aromatic carboxylic acids is 1. The molecule has 16 heavy (non-hydrogen) atoms. The Hall–Kier alpha value is -1.34. The van der Waals surface area contributed by atoms with Gasteiger partial charge in [-0.15, -0.1) is 0 Å². The number of carboxylic acid groups (broad SMARTS) is 1. The summed E-state index contributed by atoms with van der Waals surface area (Å²) in [6.45, 7) is 0.570. The van der Waals surface area contributed by atoms with E-state index in [2.05, 4.69) is 0 Å². The predicted octanol–water partition coefficient (Wildman–Crippen LogP) is 0.513. The quantitative estimate of drug-likeness (QED) is 0.838. The van der Waals surface area contributed by atoms with E-state index in [4.69, 9.17) is 9.52 Å². The molecular weight excluding hydrogens is 234 g/mol. The molecule has 7 heteroatoms. The summed E-state index contributed by atoms with van der Waals surface area (Å²) in [5.74, 6) is -0.582. The lowest BCUT2D eigenvalue weighted by Gasteiger charge is -2.11. The van der Waals surface area contributed by atoms with Crippen molar-refractivity contribution in [3.05, 3.63) is 23.7 Å². The molecule has 0 aliphatic carbocycles. The molecule has 0 saturated carbocycles. The molecule has 6 nitrogen and oxygen atoms in total. The van der Waals surface area contributed by atoms with Crippen LogP contribution in [0.15, 0.2) is 16.7 Å². The zero-order chi connectivity index (χ0) is 11.8. The number of hydrogen-bond donors (Lipinski definition) is 1. The van der Waals surface area contributed by atoms with E-state index < -0.39 is 16.0 Å². The van der Waals surface area contributed by atoms with Crippen molar-refractivity contribution < 1.29 is 22.7 Å². The molecule has 1 N–H and O–H groups in total. The lowest BCUT2D eigenvalue weighted by Crippen LogP contribution is -2.24. The summed E-state index contributed by atoms with van der Waals surface area (Å²) in [5, 5.41) is 8.67. The highest BCUT2D eigenvalue weighted by atomic mass is 32.2. The molecule has 0 unspecified atom stereocenters. The summed E-state index contributed by atoms with van der Waals surface area (Å²) in [4.78, 5) is 10.6. The summed E-state index contributed by atoms with van der Waals surface area (Å²) in [5.41, 5.74) is 0.0339. The topological polar surface area (TPSA) is 87.8 Å². The Labute approximate surface area is 92.5 Å². The lowest BCUT2D eigenvalue weighted by atomic mass is 10.3. The van der Waals surface area contributed by atoms with Gasteiger partial charge in [0.15, 0.2) is 0 Å². The number of carboxylic acids is 1. The Kier molecular flexibility index (Phi) is 2.73. The van der Waals surface area contributed by atoms with Crippen LogP contribution in [0.3, 0.4) is 0 Å². The molecule has 0 aromatic carbocycles. The monoisotopic (exact) mass is 245 g/mol. The molecule has 1 fully saturated rings. The van der Waals surface area contributed by atoms with Crippen molar-refractivity contribution in [2.24, 2.45) is 0 Å². The second kappa shape index (κ2) is 3.91. The minimum atomic E-state index is -3.17. The van der Waals surface area contributed by atoms with Crippen LogP contribution >= 0.6 is 0 Å². The molecule has 0 amide bonds. The molecule has 0 atom stereocenters. The van der Waals surface area contributed by atoms with Gasteiger partial charge < -0.3 is 9.52 Å². The minimum Gasteiger partial charge on any atom is -0.478 e. The minimum absolute atomic E-state index is 0.0339. The zero-order valence-corrected chi connectivity index (χ0v) is 9.24. The van der Waals surface area contributed by atoms with Crippen molar-refractivity contribution >= 4 is 16.0 Å². The van der Waals surface area contributed by atoms with E-state index in [9.17, 15) is 13.2 Å². The van der Waals surface area contributed by atoms with Gasteiger partial charge in [-0.05, 0) is 12.5 Å². The molecule has 0 bridgehead atoms. The van der Waals surface area contributed by atoms with E-state index in [1.54, 1.807) is 0 Å². The number of carbonyl (C=O) groups is 1. The molecule has 88 valence electrons. The van der Waals surface area contributed by atoms with Gasteiger partial charge in [0.1, 0.15) is 12.0 Å². The average molecular weight is 245 g/mol. The van der Waals surface area contributed by atoms with Gasteiger partial charge in [0.2, 0.25) is 10.0 Å². The first-order valence-electron chi connectivity index (χ1n) is 4.77. The fourth-order valence-electron chi connectivity index (χ4n) is 1.62. The summed E-state index contributed by atoms with van der Waals surface area (Å²) in [7, 11) is -3.17. The van der Waals surface area contributed by atoms with Gasteiger partial charge in [0, 0.05) is 6.54 Å². The second-order valence-electron chi connectivity index (χ2n) is 3.61. The first-order valence-corrected chi connectivity index (χ1v) is 6.38. The van der Waals surface area contributed by atoms with Crippen molar-refractivity contribution in [1.82, 2.24) is 4.31 Å². The van der Waals surface area contributed by atoms with Gasteiger partial charge in [-0.2, -0.15) is 4.31 Å². The van der Waals surface area contributed by atoms with Gasteiger partial charge >= 0.3 is 5.97 Å². The lowest BCUT2D eigenvalue weighted by molar-refractivity contribution is 0.0696. The smallest absolute Gasteiger partial charge is 0.338 e. The fourth-order valence-corrected chi connectivity index (χ4v) is 3.10. The molecular formula is C9H11NO5S. The molecule has 2 heterocycles. The molecule has 2 rings (SSSR count). The molecule has 1 aliphatic heterocycles. The summed E-state index contributed by atoms with van der Waals surface area (Å²) in [6, 6.07) is 1.34. The van der Waals surface area contributed by atoms with Crippen LogP contribution < -0.4 is 0 Å². The Bertz CT molecular complexity index is 504. The van der Waals surface area contributed by atoms with E-state index in [1.165, 1.54) is 10.4 Å². The molecule has 1 aromatic rings. The average Bonchev–Trinajstić information content (AvgIpc) is 2.75. The maximum atomic E-state index is 11.5. The largest absolute Gasteiger partial charge is 0.478 e. The van der Waals surface area contributed by atoms with E-state index in [-0.39, 0.29) is 17.9 Å². The Morgan fingerprint density at radius 3 is 2.81 bits per heavy atom. The number of sulfonamides is 1. The van der Waals surface area contributed by atoms with Crippen LogP contribution in [0.4, 0.5) is 0 Å². The molecule has 1 aliphatic rings. The Balaban J connectivity index is 2.12. The van der Waals surface area contributed by atoms with Crippen LogP contribution in [-0.4, -0.2) is 36.1 Å². The highest BCUT2D eigenvalue weighted by Crippen LogP contribution is 2.18. The highest BCUT2D eigenvalue weighted by molar-refractivity contribution is 7.89. The number of hydrogen-bond acceptors (Lipinski definition) is 4. The van der Waals surface area contributed by atoms with Crippen LogP contribution in [-0.2, 0) is 16.6 Å². The first-order chi connectivity index (χ1) is 7.49. The van der Waals surface area contributed by atoms with E-state index in [0.29, 0.717) is 18.7 Å². The first kappa shape index (κ1) is 11.2. The normalized spacial score (nSPS) is 20.0. The standard InChI is InChI=1S/C9H11NO5S/c11-9(12)7-4-8(15-6-7)5-10-2-1-3-16(10,13)14/h4,6H,1-3,5H2,(H,11,12). The van der Waals surface area contributed by atoms with Crippen LogP contribution in [0.5, 0.6) is 0 Å². The fraction of sp³-hybridized carbons (Fsp3) is 0.444. The maximum absolute atomic E-state index is 11.5. The van der Waals surface area contributed by atoms with Crippen molar-refractivity contribution in [3.8, 4) is 0 Å². The Morgan fingerprint density at radius 1 is 1.56 bits per heavy atom. The molecule has 0 spiro atoms. The van der Waals surface area contributed by atoms with Crippen molar-refractivity contribution in [3.63, 3.8) is 0 Å². The summed E-state index contributed by atoms with van der Waals surface area (Å²) in [6.07, 6.45) is 1.72. The van der Waals surface area contributed by atoms with Gasteiger partial charge in [-0.25, -0.2) is 13.2 Å². The van der Waals surface area contributed by atoms with Gasteiger partial charge in [0.05, 0.1) is 17.9 Å². The van der Waals surface area contributed by atoms with Gasteiger partial charge in [-0.3, -0.25) is 0 Å². The third-order valence-corrected chi connectivity index (χ3v) is 4.34. The van der Waals surface area contributed by atoms with Crippen LogP contribution in [0.1, 0.15) is 22.5 Å². The van der Waals surface area contributed by atoms with E-state index in [1.807, 2.05) is 0 Å². The second-order valence-corrected chi connectivity index (χ2v) is 5.70. The summed E-state index contributed by atoms with van der Waals surface area (Å²) < 4.78 is 29.2. The molecule has 1 saturated heterocycles. The van der Waals surface area contributed by atoms with Crippen molar-refractivity contribution in [2.75, 3.05) is 12.3 Å². The van der Waals surface area contributed by atoms with Crippen LogP contribution in [0.25, 0.3) is 0 Å². The van der Waals surface area contributed by atoms with Crippen molar-refractivity contribution in [2.45, 2.75) is 13.0 Å². The molecule has 1 aromatic heterocycles.